The Morgan fingerprint density at radius 3 is 2.39 bits per heavy atom. The van der Waals surface area contributed by atoms with Gasteiger partial charge < -0.3 is 24.2 Å². The van der Waals surface area contributed by atoms with Crippen LogP contribution >= 0.6 is 15.2 Å². The molecule has 14 heteroatoms. The molecule has 0 radical (unpaired) electrons. The van der Waals surface area contributed by atoms with E-state index in [1.54, 1.807) is 0 Å². The number of nitrogens with zero attached hydrogens (tertiary/aromatic N) is 1. The highest BCUT2D eigenvalue weighted by Gasteiger charge is 2.49. The van der Waals surface area contributed by atoms with E-state index in [-0.39, 0.29) is 0 Å². The highest BCUT2D eigenvalue weighted by atomic mass is 31.2. The largest absolute Gasteiger partial charge is 0.374 e. The van der Waals surface area contributed by atoms with Crippen molar-refractivity contribution in [3.63, 3.8) is 0 Å². The molecule has 1 aromatic heterocycles. The van der Waals surface area contributed by atoms with Gasteiger partial charge in [0.15, 0.2) is 6.23 Å². The molecular formula is C14H22N2O10P2. The molecule has 28 heavy (non-hydrogen) atoms. The first-order valence-corrected chi connectivity index (χ1v) is 11.4. The van der Waals surface area contributed by atoms with Gasteiger partial charge in [0.05, 0.1) is 5.66 Å². The molecule has 5 atom stereocenters. The van der Waals surface area contributed by atoms with Crippen LogP contribution in [-0.2, 0) is 23.1 Å². The second-order valence-electron chi connectivity index (χ2n) is 6.37. The first kappa shape index (κ1) is 22.9. The van der Waals surface area contributed by atoms with Crippen molar-refractivity contribution in [3.05, 3.63) is 45.0 Å². The molecule has 1 fully saturated rings. The van der Waals surface area contributed by atoms with Crippen LogP contribution < -0.4 is 11.2 Å². The third-order valence-electron chi connectivity index (χ3n) is 4.02. The van der Waals surface area contributed by atoms with Crippen LogP contribution in [0, 0.1) is 0 Å². The average molecular weight is 440 g/mol. The maximum atomic E-state index is 12.4. The van der Waals surface area contributed by atoms with Gasteiger partial charge in [-0.15, -0.1) is 0 Å². The highest BCUT2D eigenvalue weighted by Crippen LogP contribution is 2.52. The van der Waals surface area contributed by atoms with E-state index >= 15 is 0 Å². The Bertz CT molecular complexity index is 933. The molecule has 1 aliphatic rings. The lowest BCUT2D eigenvalue weighted by molar-refractivity contribution is -0.0480. The number of hydrogen-bond donors (Lipinski definition) is 4. The molecule has 0 spiro atoms. The standard InChI is InChI=1S/C14H22N2O10P2/c1-8(2)28(22,23)26-11-9(5-7-27(19,20)21)25-13(12(11)24-3)16-6-4-10(17)15-14(16)18/h4-9,11-13H,1-3H3,(H,22,23)(H,15,17,18)(H2,19,20,21)/b7-5+/t9-,11+,12?,13-/m1/s1. The first-order chi connectivity index (χ1) is 12.9. The number of nitrogens with one attached hydrogen (secondary N) is 1. The summed E-state index contributed by atoms with van der Waals surface area (Å²) in [5.74, 6) is 0.566. The fourth-order valence-electron chi connectivity index (χ4n) is 2.54. The Balaban J connectivity index is 2.48. The van der Waals surface area contributed by atoms with Gasteiger partial charge in [0, 0.05) is 25.2 Å². The van der Waals surface area contributed by atoms with Crippen molar-refractivity contribution in [1.29, 1.82) is 0 Å². The van der Waals surface area contributed by atoms with E-state index in [1.807, 2.05) is 4.98 Å². The molecule has 1 aliphatic heterocycles. The summed E-state index contributed by atoms with van der Waals surface area (Å²) in [4.78, 5) is 53.6. The van der Waals surface area contributed by atoms with Crippen molar-refractivity contribution in [1.82, 2.24) is 9.55 Å². The summed E-state index contributed by atoms with van der Waals surface area (Å²) in [6.07, 6.45) is -2.66. The van der Waals surface area contributed by atoms with Crippen LogP contribution in [0.25, 0.3) is 0 Å². The zero-order chi connectivity index (χ0) is 21.3. The van der Waals surface area contributed by atoms with E-state index in [4.69, 9.17) is 23.8 Å². The molecule has 0 bridgehead atoms. The SMILES string of the molecule is COC1[C@@H](OP(=O)(O)C(C)C)[C@@H](/C=C/P(=O)(O)O)O[C@H]1n1ccc(=O)[nH]c1=O. The van der Waals surface area contributed by atoms with Gasteiger partial charge in [0.2, 0.25) is 0 Å². The van der Waals surface area contributed by atoms with Crippen molar-refractivity contribution >= 4 is 15.2 Å². The molecule has 1 saturated heterocycles. The molecule has 1 aromatic rings. The topological polar surface area (TPSA) is 177 Å². The smallest absolute Gasteiger partial charge is 0.348 e. The van der Waals surface area contributed by atoms with E-state index in [9.17, 15) is 23.6 Å². The van der Waals surface area contributed by atoms with Crippen molar-refractivity contribution in [3.8, 4) is 0 Å². The van der Waals surface area contributed by atoms with E-state index in [2.05, 4.69) is 0 Å². The van der Waals surface area contributed by atoms with Crippen LogP contribution in [0.3, 0.4) is 0 Å². The van der Waals surface area contributed by atoms with Gasteiger partial charge in [0.1, 0.15) is 18.3 Å². The number of hydrogen-bond acceptors (Lipinski definition) is 7. The van der Waals surface area contributed by atoms with Crippen LogP contribution in [0.1, 0.15) is 20.1 Å². The van der Waals surface area contributed by atoms with Gasteiger partial charge in [-0.1, -0.05) is 13.8 Å². The summed E-state index contributed by atoms with van der Waals surface area (Å²) >= 11 is 0. The fraction of sp³-hybridized carbons (Fsp3) is 0.571. The Hall–Kier alpha value is -1.36. The first-order valence-electron chi connectivity index (χ1n) is 8.11. The second-order valence-corrected chi connectivity index (χ2v) is 10.2. The summed E-state index contributed by atoms with van der Waals surface area (Å²) in [5, 5.41) is 0. The molecule has 0 aromatic carbocycles. The minimum atomic E-state index is -4.56. The summed E-state index contributed by atoms with van der Waals surface area (Å²) in [6.45, 7) is 2.92. The summed E-state index contributed by atoms with van der Waals surface area (Å²) in [6, 6.07) is 1.07. The average Bonchev–Trinajstić information content (AvgIpc) is 2.88. The van der Waals surface area contributed by atoms with Crippen molar-refractivity contribution < 1.29 is 37.8 Å². The van der Waals surface area contributed by atoms with Crippen LogP contribution in [0.15, 0.2) is 33.7 Å². The van der Waals surface area contributed by atoms with Crippen molar-refractivity contribution in [2.75, 3.05) is 7.11 Å². The molecular weight excluding hydrogens is 418 g/mol. The Kier molecular flexibility index (Phi) is 7.01. The zero-order valence-electron chi connectivity index (χ0n) is 15.2. The number of rotatable bonds is 7. The fourth-order valence-corrected chi connectivity index (χ4v) is 3.76. The minimum absolute atomic E-state index is 0.566. The molecule has 2 heterocycles. The molecule has 0 saturated carbocycles. The van der Waals surface area contributed by atoms with Gasteiger partial charge in [-0.05, 0) is 6.08 Å². The molecule has 158 valence electrons. The normalized spacial score (nSPS) is 28.1. The van der Waals surface area contributed by atoms with E-state index in [0.29, 0.717) is 5.82 Å². The summed E-state index contributed by atoms with van der Waals surface area (Å²) in [7, 11) is -7.44. The molecule has 0 aliphatic carbocycles. The van der Waals surface area contributed by atoms with Crippen LogP contribution in [0.4, 0.5) is 0 Å². The molecule has 2 unspecified atom stereocenters. The number of methoxy groups -OCH3 is 1. The molecule has 12 nitrogen and oxygen atoms in total. The Labute approximate surface area is 159 Å². The van der Waals surface area contributed by atoms with Gasteiger partial charge in [0.25, 0.3) is 5.56 Å². The maximum absolute atomic E-state index is 12.4. The second kappa shape index (κ2) is 8.56. The quantitative estimate of drug-likeness (QED) is 0.426. The van der Waals surface area contributed by atoms with E-state index in [0.717, 1.165) is 22.9 Å². The summed E-state index contributed by atoms with van der Waals surface area (Å²) in [5.41, 5.74) is -2.24. The molecule has 4 N–H and O–H groups in total. The highest BCUT2D eigenvalue weighted by molar-refractivity contribution is 7.55. The van der Waals surface area contributed by atoms with Gasteiger partial charge in [-0.3, -0.25) is 28.0 Å². The number of aromatic amines is 1. The molecule has 0 amide bonds. The maximum Gasteiger partial charge on any atom is 0.348 e. The Morgan fingerprint density at radius 1 is 1.25 bits per heavy atom. The lowest BCUT2D eigenvalue weighted by atomic mass is 10.1. The summed E-state index contributed by atoms with van der Waals surface area (Å²) < 4.78 is 40.8. The van der Waals surface area contributed by atoms with Crippen LogP contribution in [0.2, 0.25) is 0 Å². The molecule has 2 rings (SSSR count). The predicted molar refractivity (Wildman–Crippen MR) is 97.0 cm³/mol. The van der Waals surface area contributed by atoms with Crippen LogP contribution in [0.5, 0.6) is 0 Å². The minimum Gasteiger partial charge on any atom is -0.374 e. The van der Waals surface area contributed by atoms with E-state index < -0.39 is 56.6 Å². The van der Waals surface area contributed by atoms with Crippen molar-refractivity contribution in [2.24, 2.45) is 0 Å². The van der Waals surface area contributed by atoms with Crippen molar-refractivity contribution in [2.45, 2.75) is 44.0 Å². The number of ether oxygens (including phenoxy) is 2. The van der Waals surface area contributed by atoms with Gasteiger partial charge in [-0.25, -0.2) is 4.79 Å². The third kappa shape index (κ3) is 5.37. The van der Waals surface area contributed by atoms with Crippen LogP contribution in [-0.4, -0.2) is 55.3 Å². The van der Waals surface area contributed by atoms with E-state index in [1.165, 1.54) is 21.0 Å². The predicted octanol–water partition coefficient (Wildman–Crippen LogP) is 0.119. The lowest BCUT2D eigenvalue weighted by Gasteiger charge is -2.26. The number of H-pyrrole nitrogens is 1. The van der Waals surface area contributed by atoms with Gasteiger partial charge in [-0.2, -0.15) is 0 Å². The van der Waals surface area contributed by atoms with Gasteiger partial charge >= 0.3 is 20.9 Å². The zero-order valence-corrected chi connectivity index (χ0v) is 17.0. The lowest BCUT2D eigenvalue weighted by Crippen LogP contribution is -2.39. The monoisotopic (exact) mass is 440 g/mol. The number of aromatic nitrogens is 2. The third-order valence-corrected chi connectivity index (χ3v) is 6.43. The Morgan fingerprint density at radius 2 is 1.89 bits per heavy atom.